The highest BCUT2D eigenvalue weighted by atomic mass is 32.1. The fourth-order valence-corrected chi connectivity index (χ4v) is 1.96. The third kappa shape index (κ3) is 2.69. The highest BCUT2D eigenvalue weighted by molar-refractivity contribution is 7.07. The van der Waals surface area contributed by atoms with Crippen LogP contribution in [0.3, 0.4) is 0 Å². The van der Waals surface area contributed by atoms with E-state index >= 15 is 0 Å². The number of benzene rings is 1. The van der Waals surface area contributed by atoms with Crippen molar-refractivity contribution in [3.8, 4) is 11.5 Å². The van der Waals surface area contributed by atoms with E-state index in [2.05, 4.69) is 10.3 Å². The van der Waals surface area contributed by atoms with Crippen molar-refractivity contribution < 1.29 is 15.0 Å². The molecule has 0 saturated carbocycles. The zero-order chi connectivity index (χ0) is 13.1. The molecule has 18 heavy (non-hydrogen) atoms. The number of nitrogens with one attached hydrogen (secondary N) is 2. The highest BCUT2D eigenvalue weighted by Gasteiger charge is 2.11. The zero-order valence-electron chi connectivity index (χ0n) is 9.14. The minimum Gasteiger partial charge on any atom is -0.508 e. The summed E-state index contributed by atoms with van der Waals surface area (Å²) in [5.41, 5.74) is 0.655. The van der Waals surface area contributed by atoms with E-state index in [0.29, 0.717) is 5.69 Å². The number of H-pyrrole nitrogens is 1. The van der Waals surface area contributed by atoms with Gasteiger partial charge in [-0.3, -0.25) is 9.59 Å². The monoisotopic (exact) mass is 266 g/mol. The Bertz CT molecular complexity index is 632. The van der Waals surface area contributed by atoms with Crippen LogP contribution < -0.4 is 10.2 Å². The van der Waals surface area contributed by atoms with Crippen LogP contribution in [0.25, 0.3) is 0 Å². The third-order valence-electron chi connectivity index (χ3n) is 2.24. The summed E-state index contributed by atoms with van der Waals surface area (Å²) in [7, 11) is 0. The lowest BCUT2D eigenvalue weighted by Gasteiger charge is -2.05. The number of hydrogen-bond acceptors (Lipinski definition) is 5. The van der Waals surface area contributed by atoms with Crippen LogP contribution in [0.5, 0.6) is 11.5 Å². The quantitative estimate of drug-likeness (QED) is 0.659. The third-order valence-corrected chi connectivity index (χ3v) is 2.95. The van der Waals surface area contributed by atoms with Crippen LogP contribution in [-0.2, 0) is 6.54 Å². The molecular formula is C11H10N2O4S. The van der Waals surface area contributed by atoms with Crippen LogP contribution in [0.4, 0.5) is 0 Å². The van der Waals surface area contributed by atoms with E-state index in [1.807, 2.05) is 0 Å². The molecule has 1 aromatic heterocycles. The van der Waals surface area contributed by atoms with E-state index in [0.717, 1.165) is 17.4 Å². The smallest absolute Gasteiger partial charge is 0.304 e. The maximum atomic E-state index is 11.7. The van der Waals surface area contributed by atoms with Crippen LogP contribution in [-0.4, -0.2) is 21.1 Å². The lowest BCUT2D eigenvalue weighted by molar-refractivity contribution is 0.0948. The van der Waals surface area contributed by atoms with Gasteiger partial charge < -0.3 is 20.5 Å². The molecule has 0 aliphatic rings. The van der Waals surface area contributed by atoms with Crippen LogP contribution in [0.15, 0.2) is 28.4 Å². The van der Waals surface area contributed by atoms with E-state index < -0.39 is 5.91 Å². The average molecular weight is 266 g/mol. The maximum absolute atomic E-state index is 11.7. The number of hydrogen-bond donors (Lipinski definition) is 4. The standard InChI is InChI=1S/C11H10N2O4S/c14-7-1-2-8(9(15)3-7)10(16)12-4-6-5-18-11(17)13-6/h1-3,5,14-15H,4H2,(H,12,16)(H,13,17). The number of amides is 1. The topological polar surface area (TPSA) is 102 Å². The van der Waals surface area contributed by atoms with Gasteiger partial charge in [0.15, 0.2) is 0 Å². The van der Waals surface area contributed by atoms with Gasteiger partial charge in [-0.15, -0.1) is 0 Å². The van der Waals surface area contributed by atoms with E-state index in [1.54, 1.807) is 5.38 Å². The molecule has 0 unspecified atom stereocenters. The highest BCUT2D eigenvalue weighted by Crippen LogP contribution is 2.22. The lowest BCUT2D eigenvalue weighted by Crippen LogP contribution is -2.23. The summed E-state index contributed by atoms with van der Waals surface area (Å²) in [5, 5.41) is 22.7. The van der Waals surface area contributed by atoms with Gasteiger partial charge in [0, 0.05) is 17.1 Å². The Kier molecular flexibility index (Phi) is 3.33. The summed E-state index contributed by atoms with van der Waals surface area (Å²) in [4.78, 5) is 25.0. The maximum Gasteiger partial charge on any atom is 0.304 e. The molecule has 2 aromatic rings. The normalized spacial score (nSPS) is 10.2. The van der Waals surface area contributed by atoms with E-state index in [9.17, 15) is 14.7 Å². The summed E-state index contributed by atoms with van der Waals surface area (Å²) < 4.78 is 0. The summed E-state index contributed by atoms with van der Waals surface area (Å²) >= 11 is 1.01. The Morgan fingerprint density at radius 1 is 1.39 bits per heavy atom. The summed E-state index contributed by atoms with van der Waals surface area (Å²) in [5.74, 6) is -0.905. The number of aromatic hydroxyl groups is 2. The second-order valence-corrected chi connectivity index (χ2v) is 4.40. The van der Waals surface area contributed by atoms with Gasteiger partial charge in [0.05, 0.1) is 12.1 Å². The van der Waals surface area contributed by atoms with Crippen molar-refractivity contribution in [1.29, 1.82) is 0 Å². The van der Waals surface area contributed by atoms with Gasteiger partial charge >= 0.3 is 4.87 Å². The average Bonchev–Trinajstić information content (AvgIpc) is 2.72. The molecule has 4 N–H and O–H groups in total. The Morgan fingerprint density at radius 2 is 2.17 bits per heavy atom. The SMILES string of the molecule is O=C(NCc1csc(=O)[nH]1)c1ccc(O)cc1O. The molecule has 1 amide bonds. The van der Waals surface area contributed by atoms with Gasteiger partial charge in [-0.1, -0.05) is 11.3 Å². The number of phenolic OH excluding ortho intramolecular Hbond substituents is 2. The number of carbonyl (C=O) groups excluding carboxylic acids is 1. The van der Waals surface area contributed by atoms with Crippen molar-refractivity contribution in [3.05, 3.63) is 44.5 Å². The largest absolute Gasteiger partial charge is 0.508 e. The van der Waals surface area contributed by atoms with Gasteiger partial charge in [-0.05, 0) is 12.1 Å². The predicted octanol–water partition coefficient (Wildman–Crippen LogP) is 0.778. The first-order valence-corrected chi connectivity index (χ1v) is 5.91. The Hall–Kier alpha value is -2.28. The molecule has 0 aliphatic heterocycles. The first kappa shape index (κ1) is 12.2. The minimum atomic E-state index is -0.487. The number of aromatic nitrogens is 1. The number of rotatable bonds is 3. The molecule has 7 heteroatoms. The molecule has 0 spiro atoms. The molecule has 1 heterocycles. The van der Waals surface area contributed by atoms with E-state index in [-0.39, 0.29) is 28.5 Å². The van der Waals surface area contributed by atoms with Crippen LogP contribution >= 0.6 is 11.3 Å². The van der Waals surface area contributed by atoms with Crippen molar-refractivity contribution in [3.63, 3.8) is 0 Å². The molecule has 0 saturated heterocycles. The van der Waals surface area contributed by atoms with Gasteiger partial charge in [0.25, 0.3) is 5.91 Å². The van der Waals surface area contributed by atoms with Gasteiger partial charge in [-0.25, -0.2) is 0 Å². The predicted molar refractivity (Wildman–Crippen MR) is 65.9 cm³/mol. The first-order valence-electron chi connectivity index (χ1n) is 5.03. The second-order valence-electron chi connectivity index (χ2n) is 3.56. The van der Waals surface area contributed by atoms with E-state index in [4.69, 9.17) is 5.11 Å². The fourth-order valence-electron chi connectivity index (χ4n) is 1.38. The molecule has 0 aliphatic carbocycles. The van der Waals surface area contributed by atoms with Crippen molar-refractivity contribution in [2.24, 2.45) is 0 Å². The summed E-state index contributed by atoms with van der Waals surface area (Å²) in [6.07, 6.45) is 0. The van der Waals surface area contributed by atoms with Crippen molar-refractivity contribution in [2.45, 2.75) is 6.54 Å². The molecule has 0 atom stereocenters. The van der Waals surface area contributed by atoms with Gasteiger partial charge in [0.1, 0.15) is 11.5 Å². The molecule has 0 bridgehead atoms. The molecule has 94 valence electrons. The van der Waals surface area contributed by atoms with Crippen LogP contribution in [0.2, 0.25) is 0 Å². The van der Waals surface area contributed by atoms with Gasteiger partial charge in [0.2, 0.25) is 0 Å². The number of phenols is 2. The minimum absolute atomic E-state index is 0.0605. The molecule has 6 nitrogen and oxygen atoms in total. The summed E-state index contributed by atoms with van der Waals surface area (Å²) in [6.45, 7) is 0.165. The first-order chi connectivity index (χ1) is 8.56. The number of thiazole rings is 1. The molecule has 2 rings (SSSR count). The molecule has 0 fully saturated rings. The Labute approximate surface area is 106 Å². The van der Waals surface area contributed by atoms with E-state index in [1.165, 1.54) is 12.1 Å². The molecule has 0 radical (unpaired) electrons. The Morgan fingerprint density at radius 3 is 2.78 bits per heavy atom. The number of carbonyl (C=O) groups is 1. The van der Waals surface area contributed by atoms with Crippen LogP contribution in [0.1, 0.15) is 16.1 Å². The fraction of sp³-hybridized carbons (Fsp3) is 0.0909. The van der Waals surface area contributed by atoms with Crippen LogP contribution in [0, 0.1) is 0 Å². The second kappa shape index (κ2) is 4.92. The summed E-state index contributed by atoms with van der Waals surface area (Å²) in [6, 6.07) is 3.71. The molecule has 1 aromatic carbocycles. The lowest BCUT2D eigenvalue weighted by atomic mass is 10.2. The van der Waals surface area contributed by atoms with Gasteiger partial charge in [-0.2, -0.15) is 0 Å². The van der Waals surface area contributed by atoms with Crippen molar-refractivity contribution >= 4 is 17.2 Å². The van der Waals surface area contributed by atoms with Crippen molar-refractivity contribution in [2.75, 3.05) is 0 Å². The van der Waals surface area contributed by atoms with Crippen molar-refractivity contribution in [1.82, 2.24) is 10.3 Å². The Balaban J connectivity index is 2.06. The number of aromatic amines is 1. The zero-order valence-corrected chi connectivity index (χ0v) is 9.95. The molecular weight excluding hydrogens is 256 g/mol.